The maximum atomic E-state index is 5.07. The van der Waals surface area contributed by atoms with Gasteiger partial charge in [0.15, 0.2) is 0 Å². The molecule has 0 radical (unpaired) electrons. The first-order chi connectivity index (χ1) is 12.5. The first-order valence-electron chi connectivity index (χ1n) is 9.83. The molecule has 5 nitrogen and oxygen atoms in total. The average molecular weight is 354 g/mol. The summed E-state index contributed by atoms with van der Waals surface area (Å²) >= 11 is 0. The van der Waals surface area contributed by atoms with E-state index in [4.69, 9.17) is 9.97 Å². The molecule has 1 aliphatic heterocycles. The van der Waals surface area contributed by atoms with E-state index in [1.165, 1.54) is 11.3 Å². The fraction of sp³-hybridized carbons (Fsp3) is 0.571. The van der Waals surface area contributed by atoms with Crippen LogP contribution in [0.15, 0.2) is 18.3 Å². The molecule has 1 N–H and O–H groups in total. The molecule has 26 heavy (non-hydrogen) atoms. The van der Waals surface area contributed by atoms with Gasteiger partial charge in [-0.15, -0.1) is 0 Å². The van der Waals surface area contributed by atoms with E-state index in [1.807, 2.05) is 13.1 Å². The fourth-order valence-corrected chi connectivity index (χ4v) is 3.63. The van der Waals surface area contributed by atoms with Gasteiger partial charge < -0.3 is 10.2 Å². The lowest BCUT2D eigenvalue weighted by atomic mass is 10.0. The Kier molecular flexibility index (Phi) is 5.87. The first kappa shape index (κ1) is 18.8. The van der Waals surface area contributed by atoms with E-state index in [9.17, 15) is 0 Å². The van der Waals surface area contributed by atoms with Crippen LogP contribution >= 0.6 is 0 Å². The molecule has 0 unspecified atom stereocenters. The predicted molar refractivity (Wildman–Crippen MR) is 108 cm³/mol. The highest BCUT2D eigenvalue weighted by atomic mass is 15.3. The van der Waals surface area contributed by atoms with Crippen LogP contribution in [-0.2, 0) is 12.8 Å². The van der Waals surface area contributed by atoms with E-state index in [0.29, 0.717) is 12.1 Å². The Morgan fingerprint density at radius 3 is 2.54 bits per heavy atom. The average Bonchev–Trinajstić information content (AvgIpc) is 2.87. The monoisotopic (exact) mass is 353 g/mol. The first-order valence-corrected chi connectivity index (χ1v) is 9.83. The summed E-state index contributed by atoms with van der Waals surface area (Å²) in [7, 11) is 0. The molecule has 0 saturated carbocycles. The van der Waals surface area contributed by atoms with Gasteiger partial charge in [0.05, 0.1) is 11.4 Å². The Hall–Kier alpha value is -2.01. The van der Waals surface area contributed by atoms with Gasteiger partial charge >= 0.3 is 0 Å². The van der Waals surface area contributed by atoms with Gasteiger partial charge in [-0.3, -0.25) is 4.98 Å². The van der Waals surface area contributed by atoms with E-state index in [1.54, 1.807) is 0 Å². The van der Waals surface area contributed by atoms with E-state index < -0.39 is 0 Å². The quantitative estimate of drug-likeness (QED) is 0.891. The molecule has 1 atom stereocenters. The fourth-order valence-electron chi connectivity index (χ4n) is 3.63. The van der Waals surface area contributed by atoms with Gasteiger partial charge in [-0.2, -0.15) is 0 Å². The summed E-state index contributed by atoms with van der Waals surface area (Å²) in [4.78, 5) is 16.9. The second-order valence-electron chi connectivity index (χ2n) is 7.49. The second-order valence-corrected chi connectivity index (χ2v) is 7.49. The van der Waals surface area contributed by atoms with Crippen molar-refractivity contribution < 1.29 is 0 Å². The number of aryl methyl sites for hydroxylation is 1. The number of hydrogen-bond donors (Lipinski definition) is 1. The van der Waals surface area contributed by atoms with Crippen LogP contribution in [0.1, 0.15) is 51.1 Å². The summed E-state index contributed by atoms with van der Waals surface area (Å²) in [6, 6.07) is 4.96. The van der Waals surface area contributed by atoms with E-state index in [-0.39, 0.29) is 0 Å². The summed E-state index contributed by atoms with van der Waals surface area (Å²) in [6.45, 7) is 12.9. The van der Waals surface area contributed by atoms with Crippen molar-refractivity contribution in [3.05, 3.63) is 35.3 Å². The van der Waals surface area contributed by atoms with E-state index >= 15 is 0 Å². The molecule has 140 valence electrons. The zero-order chi connectivity index (χ0) is 18.7. The number of rotatable bonds is 5. The highest BCUT2D eigenvalue weighted by Crippen LogP contribution is 2.29. The normalized spacial score (nSPS) is 15.5. The van der Waals surface area contributed by atoms with Crippen molar-refractivity contribution in [2.45, 2.75) is 66.0 Å². The maximum absolute atomic E-state index is 5.07. The Labute approximate surface area is 157 Å². The van der Waals surface area contributed by atoms with E-state index in [0.717, 1.165) is 55.3 Å². The maximum Gasteiger partial charge on any atom is 0.226 e. The van der Waals surface area contributed by atoms with Gasteiger partial charge in [-0.1, -0.05) is 6.92 Å². The summed E-state index contributed by atoms with van der Waals surface area (Å²) in [6.07, 6.45) is 4.93. The van der Waals surface area contributed by atoms with Gasteiger partial charge in [-0.05, 0) is 59.2 Å². The largest absolute Gasteiger partial charge is 0.336 e. The number of nitrogens with one attached hydrogen (secondary N) is 1. The predicted octanol–water partition coefficient (Wildman–Crippen LogP) is 3.55. The van der Waals surface area contributed by atoms with Crippen molar-refractivity contribution >= 4 is 5.95 Å². The van der Waals surface area contributed by atoms with Gasteiger partial charge in [-0.25, -0.2) is 9.97 Å². The van der Waals surface area contributed by atoms with Crippen molar-refractivity contribution in [3.63, 3.8) is 0 Å². The molecular weight excluding hydrogens is 322 g/mol. The lowest BCUT2D eigenvalue weighted by molar-refractivity contribution is 0.547. The molecule has 2 aromatic heterocycles. The summed E-state index contributed by atoms with van der Waals surface area (Å²) in [5.41, 5.74) is 5.63. The van der Waals surface area contributed by atoms with Gasteiger partial charge in [0.2, 0.25) is 5.95 Å². The third-order valence-corrected chi connectivity index (χ3v) is 5.21. The minimum atomic E-state index is 0.357. The van der Waals surface area contributed by atoms with Crippen LogP contribution in [0.4, 0.5) is 5.95 Å². The Balaban J connectivity index is 2.16. The molecule has 0 saturated heterocycles. The van der Waals surface area contributed by atoms with Crippen molar-refractivity contribution in [1.82, 2.24) is 20.3 Å². The van der Waals surface area contributed by atoms with Gasteiger partial charge in [0.1, 0.15) is 0 Å². The number of fused-ring (bicyclic) bond motifs is 1. The summed E-state index contributed by atoms with van der Waals surface area (Å²) in [5.74, 6) is 0.852. The molecule has 3 heterocycles. The Morgan fingerprint density at radius 1 is 1.12 bits per heavy atom. The second kappa shape index (κ2) is 8.12. The SMILES string of the molecule is CC[C@H](C)N(c1nc2c(c(-c3ccc(C)nc3)n1)CCNCC2)C(C)C. The summed E-state index contributed by atoms with van der Waals surface area (Å²) < 4.78 is 0. The van der Waals surface area contributed by atoms with Crippen LogP contribution in [0.2, 0.25) is 0 Å². The van der Waals surface area contributed by atoms with Crippen LogP contribution in [0.3, 0.4) is 0 Å². The van der Waals surface area contributed by atoms with E-state index in [2.05, 4.69) is 55.0 Å². The standard InChI is InChI=1S/C21H31N5/c1-6-16(5)26(14(2)3)21-24-19-10-12-22-11-9-18(19)20(25-21)17-8-7-15(4)23-13-17/h7-8,13-14,16,22H,6,9-12H2,1-5H3/t16-/m0/s1. The number of nitrogens with zero attached hydrogens (tertiary/aromatic N) is 4. The van der Waals surface area contributed by atoms with Crippen molar-refractivity contribution in [2.75, 3.05) is 18.0 Å². The molecule has 0 spiro atoms. The Morgan fingerprint density at radius 2 is 1.88 bits per heavy atom. The summed E-state index contributed by atoms with van der Waals surface area (Å²) in [5, 5.41) is 3.49. The number of pyridine rings is 1. The van der Waals surface area contributed by atoms with Gasteiger partial charge in [0, 0.05) is 48.1 Å². The highest BCUT2D eigenvalue weighted by Gasteiger charge is 2.24. The molecule has 0 aromatic carbocycles. The molecule has 3 rings (SSSR count). The number of hydrogen-bond acceptors (Lipinski definition) is 5. The van der Waals surface area contributed by atoms with Gasteiger partial charge in [0.25, 0.3) is 0 Å². The topological polar surface area (TPSA) is 53.9 Å². The lowest BCUT2D eigenvalue weighted by Crippen LogP contribution is -2.40. The minimum absolute atomic E-state index is 0.357. The van der Waals surface area contributed by atoms with Crippen LogP contribution in [0.5, 0.6) is 0 Å². The lowest BCUT2D eigenvalue weighted by Gasteiger charge is -2.33. The number of anilines is 1. The van der Waals surface area contributed by atoms with Crippen LogP contribution in [-0.4, -0.2) is 40.1 Å². The molecule has 0 aliphatic carbocycles. The van der Waals surface area contributed by atoms with Crippen LogP contribution in [0, 0.1) is 6.92 Å². The molecule has 1 aliphatic rings. The zero-order valence-electron chi connectivity index (χ0n) is 16.7. The van der Waals surface area contributed by atoms with Crippen molar-refractivity contribution in [2.24, 2.45) is 0 Å². The smallest absolute Gasteiger partial charge is 0.226 e. The minimum Gasteiger partial charge on any atom is -0.336 e. The van der Waals surface area contributed by atoms with Crippen molar-refractivity contribution in [1.29, 1.82) is 0 Å². The molecule has 5 heteroatoms. The molecule has 0 fully saturated rings. The molecule has 0 bridgehead atoms. The third-order valence-electron chi connectivity index (χ3n) is 5.21. The third kappa shape index (κ3) is 3.88. The highest BCUT2D eigenvalue weighted by molar-refractivity contribution is 5.65. The Bertz CT molecular complexity index is 739. The van der Waals surface area contributed by atoms with Crippen molar-refractivity contribution in [3.8, 4) is 11.3 Å². The number of aromatic nitrogens is 3. The molecule has 0 amide bonds. The zero-order valence-corrected chi connectivity index (χ0v) is 16.7. The van der Waals surface area contributed by atoms with Crippen LogP contribution in [0.25, 0.3) is 11.3 Å². The molecular formula is C21H31N5. The van der Waals surface area contributed by atoms with Crippen LogP contribution < -0.4 is 10.2 Å². The molecule has 2 aromatic rings.